The van der Waals surface area contributed by atoms with Crippen molar-refractivity contribution in [2.24, 2.45) is 28.9 Å². The fourth-order valence-electron chi connectivity index (χ4n) is 5.71. The van der Waals surface area contributed by atoms with Crippen LogP contribution >= 0.6 is 0 Å². The fourth-order valence-corrected chi connectivity index (χ4v) is 5.71. The number of amides is 1. The highest BCUT2D eigenvalue weighted by molar-refractivity contribution is 5.75. The number of aliphatic hydroxyl groups is 3. The summed E-state index contributed by atoms with van der Waals surface area (Å²) in [5.74, 6) is -0.682. The number of hydrogen-bond donors (Lipinski definition) is 10. The second-order valence-corrected chi connectivity index (χ2v) is 11.5. The van der Waals surface area contributed by atoms with E-state index in [2.05, 4.69) is 10.6 Å². The van der Waals surface area contributed by atoms with Gasteiger partial charge in [-0.2, -0.15) is 0 Å². The van der Waals surface area contributed by atoms with Crippen molar-refractivity contribution in [2.45, 2.75) is 93.3 Å². The van der Waals surface area contributed by atoms with E-state index in [0.717, 1.165) is 13.0 Å². The van der Waals surface area contributed by atoms with Gasteiger partial charge in [-0.3, -0.25) is 10.0 Å². The Morgan fingerprint density at radius 3 is 2.52 bits per heavy atom. The number of carbonyl (C=O) groups is 1. The smallest absolute Gasteiger partial charge is 0.246 e. The normalized spacial score (nSPS) is 39.0. The number of ether oxygens (including phenoxy) is 4. The van der Waals surface area contributed by atoms with Crippen molar-refractivity contribution in [1.29, 1.82) is 0 Å². The second-order valence-electron chi connectivity index (χ2n) is 11.5. The van der Waals surface area contributed by atoms with Crippen molar-refractivity contribution in [3.05, 3.63) is 11.8 Å². The van der Waals surface area contributed by atoms with E-state index in [4.69, 9.17) is 41.9 Å². The largest absolute Gasteiger partial charge is 0.467 e. The molecule has 3 rings (SSSR count). The molecule has 0 aromatic heterocycles. The summed E-state index contributed by atoms with van der Waals surface area (Å²) in [4.78, 5) is 12.7. The minimum absolute atomic E-state index is 0.0545. The minimum Gasteiger partial charge on any atom is -0.467 e. The van der Waals surface area contributed by atoms with Crippen LogP contribution in [0, 0.1) is 5.92 Å². The van der Waals surface area contributed by atoms with Crippen molar-refractivity contribution in [1.82, 2.24) is 15.7 Å². The van der Waals surface area contributed by atoms with Gasteiger partial charge in [-0.25, -0.2) is 5.06 Å². The monoisotopic (exact) mass is 605 g/mol. The molecule has 244 valence electrons. The fraction of sp³-hybridized carbons (Fsp3) is 0.885. The summed E-state index contributed by atoms with van der Waals surface area (Å²) in [6.07, 6.45) is -3.91. The van der Waals surface area contributed by atoms with E-state index >= 15 is 0 Å². The summed E-state index contributed by atoms with van der Waals surface area (Å²) in [5, 5.41) is 49.9. The van der Waals surface area contributed by atoms with Gasteiger partial charge in [0.25, 0.3) is 0 Å². The molecular weight excluding hydrogens is 554 g/mol. The standard InChI is InChI=1S/C26H51N7O9/c1-26(37)13-39-25(20(36)23(26)31-2)41-21-14(11-18(34)33(38)9-7-28)10-17(30)22(19(21)35)42-24-16(29)5-4-15(40-24)12-32-8-3-6-27/h4,14,16-17,19-25,31-32,35-38H,3,5-13,27-30H2,1-2H3/t14-,16+,17-,19+,20+,21-,22?,23+,24+,25+,26-/m0/s1. The predicted molar refractivity (Wildman–Crippen MR) is 150 cm³/mol. The molecule has 16 nitrogen and oxygen atoms in total. The van der Waals surface area contributed by atoms with Crippen LogP contribution in [0.25, 0.3) is 0 Å². The molecule has 2 fully saturated rings. The topological polar surface area (TPSA) is 266 Å². The van der Waals surface area contributed by atoms with Gasteiger partial charge in [-0.05, 0) is 58.3 Å². The average Bonchev–Trinajstić information content (AvgIpc) is 2.93. The first-order valence-electron chi connectivity index (χ1n) is 14.6. The van der Waals surface area contributed by atoms with Crippen LogP contribution in [0.3, 0.4) is 0 Å². The van der Waals surface area contributed by atoms with Crippen LogP contribution in [0.15, 0.2) is 11.8 Å². The van der Waals surface area contributed by atoms with Gasteiger partial charge in [0.1, 0.15) is 29.7 Å². The van der Waals surface area contributed by atoms with Gasteiger partial charge in [0.15, 0.2) is 6.29 Å². The van der Waals surface area contributed by atoms with Crippen LogP contribution in [-0.2, 0) is 23.7 Å². The molecule has 1 saturated heterocycles. The van der Waals surface area contributed by atoms with Crippen LogP contribution in [0.1, 0.15) is 32.6 Å². The summed E-state index contributed by atoms with van der Waals surface area (Å²) in [6, 6.07) is -2.09. The van der Waals surface area contributed by atoms with Crippen molar-refractivity contribution in [2.75, 3.05) is 46.4 Å². The van der Waals surface area contributed by atoms with Crippen LogP contribution in [0.4, 0.5) is 0 Å². The average molecular weight is 606 g/mol. The summed E-state index contributed by atoms with van der Waals surface area (Å²) >= 11 is 0. The lowest BCUT2D eigenvalue weighted by atomic mass is 9.77. The highest BCUT2D eigenvalue weighted by atomic mass is 16.7. The molecule has 2 aliphatic heterocycles. The molecule has 0 bridgehead atoms. The molecule has 0 aromatic rings. The first kappa shape index (κ1) is 35.0. The zero-order chi connectivity index (χ0) is 31.0. The van der Waals surface area contributed by atoms with Crippen LogP contribution < -0.4 is 33.6 Å². The van der Waals surface area contributed by atoms with Gasteiger partial charge < -0.3 is 67.8 Å². The third-order valence-corrected chi connectivity index (χ3v) is 8.02. The lowest BCUT2D eigenvalue weighted by Gasteiger charge is -2.48. The zero-order valence-corrected chi connectivity index (χ0v) is 24.5. The van der Waals surface area contributed by atoms with Gasteiger partial charge in [0, 0.05) is 19.0 Å². The third-order valence-electron chi connectivity index (χ3n) is 8.02. The molecule has 1 amide bonds. The number of hydrogen-bond acceptors (Lipinski definition) is 15. The van der Waals surface area contributed by atoms with E-state index in [9.17, 15) is 25.3 Å². The first-order valence-corrected chi connectivity index (χ1v) is 14.6. The number of aliphatic hydroxyl groups excluding tert-OH is 2. The summed E-state index contributed by atoms with van der Waals surface area (Å²) in [6.45, 7) is 3.08. The minimum atomic E-state index is -1.40. The number of nitrogens with one attached hydrogen (secondary N) is 2. The Bertz CT molecular complexity index is 885. The van der Waals surface area contributed by atoms with Crippen molar-refractivity contribution >= 4 is 5.91 Å². The van der Waals surface area contributed by atoms with E-state index in [1.54, 1.807) is 7.05 Å². The molecule has 1 saturated carbocycles. The van der Waals surface area contributed by atoms with Gasteiger partial charge in [0.2, 0.25) is 12.2 Å². The molecule has 0 aromatic carbocycles. The number of rotatable bonds is 14. The Hall–Kier alpha value is -1.51. The molecule has 16 heteroatoms. The Labute approximate surface area is 246 Å². The quantitative estimate of drug-likeness (QED) is 0.0513. The van der Waals surface area contributed by atoms with Crippen molar-refractivity contribution in [3.8, 4) is 0 Å². The lowest BCUT2D eigenvalue weighted by molar-refractivity contribution is -0.308. The number of likely N-dealkylation sites (N-methyl/N-ethyl adjacent to an activating group) is 1. The first-order chi connectivity index (χ1) is 19.9. The van der Waals surface area contributed by atoms with E-state index in [1.807, 2.05) is 6.08 Å². The predicted octanol–water partition coefficient (Wildman–Crippen LogP) is -4.02. The number of nitrogens with zero attached hydrogens (tertiary/aromatic N) is 1. The van der Waals surface area contributed by atoms with Crippen LogP contribution in [-0.4, -0.2) is 139 Å². The molecular formula is C26H51N7O9. The molecule has 11 atom stereocenters. The molecule has 1 unspecified atom stereocenters. The van der Waals surface area contributed by atoms with Gasteiger partial charge in [-0.1, -0.05) is 0 Å². The van der Waals surface area contributed by atoms with E-state index in [1.165, 1.54) is 6.92 Å². The van der Waals surface area contributed by atoms with E-state index in [0.29, 0.717) is 30.3 Å². The van der Waals surface area contributed by atoms with Crippen LogP contribution in [0.2, 0.25) is 0 Å². The SMILES string of the molecule is CN[C@@H]1[C@@H](O)[C@@H](O[C@H]2[C@H](CC(=O)N(O)CCN)C[C@H](N)C(O[C@H]3OC(CNCCCN)=CC[C@H]3N)[C@@H]2O)OC[C@]1(C)O. The highest BCUT2D eigenvalue weighted by Gasteiger charge is 2.51. The number of carbonyl (C=O) groups excluding carboxylic acids is 1. The maximum atomic E-state index is 12.7. The Morgan fingerprint density at radius 1 is 1.14 bits per heavy atom. The molecule has 14 N–H and O–H groups in total. The second kappa shape index (κ2) is 16.0. The van der Waals surface area contributed by atoms with Gasteiger partial charge in [0.05, 0.1) is 37.9 Å². The van der Waals surface area contributed by atoms with Crippen molar-refractivity contribution < 1.29 is 44.3 Å². The van der Waals surface area contributed by atoms with Crippen molar-refractivity contribution in [3.63, 3.8) is 0 Å². The number of hydroxylamine groups is 2. The molecule has 0 spiro atoms. The summed E-state index contributed by atoms with van der Waals surface area (Å²) < 4.78 is 24.0. The highest BCUT2D eigenvalue weighted by Crippen LogP contribution is 2.36. The molecule has 1 aliphatic carbocycles. The maximum absolute atomic E-state index is 12.7. The molecule has 0 radical (unpaired) electrons. The van der Waals surface area contributed by atoms with Crippen LogP contribution in [0.5, 0.6) is 0 Å². The molecule has 3 aliphatic rings. The van der Waals surface area contributed by atoms with Gasteiger partial charge in [-0.15, -0.1) is 0 Å². The number of nitrogens with two attached hydrogens (primary N) is 4. The zero-order valence-electron chi connectivity index (χ0n) is 24.5. The Kier molecular flexibility index (Phi) is 13.3. The van der Waals surface area contributed by atoms with E-state index < -0.39 is 72.5 Å². The lowest BCUT2D eigenvalue weighted by Crippen LogP contribution is -2.67. The summed E-state index contributed by atoms with van der Waals surface area (Å²) in [5.41, 5.74) is 22.4. The molecule has 2 heterocycles. The third kappa shape index (κ3) is 8.78. The summed E-state index contributed by atoms with van der Waals surface area (Å²) in [7, 11) is 1.59. The van der Waals surface area contributed by atoms with Gasteiger partial charge >= 0.3 is 0 Å². The Balaban J connectivity index is 1.77. The van der Waals surface area contributed by atoms with E-state index in [-0.39, 0.29) is 32.5 Å². The molecule has 42 heavy (non-hydrogen) atoms. The maximum Gasteiger partial charge on any atom is 0.246 e. The Morgan fingerprint density at radius 2 is 1.86 bits per heavy atom.